The number of aliphatic hydroxyl groups excluding tert-OH is 1. The third-order valence-electron chi connectivity index (χ3n) is 2.20. The van der Waals surface area contributed by atoms with Gasteiger partial charge in [-0.2, -0.15) is 0 Å². The molecule has 1 aliphatic heterocycles. The van der Waals surface area contributed by atoms with E-state index in [1.165, 1.54) is 0 Å². The Hall–Kier alpha value is -0.610. The number of ether oxygens (including phenoxy) is 2. The van der Waals surface area contributed by atoms with Crippen LogP contribution < -0.4 is 0 Å². The minimum atomic E-state index is -0.951. The van der Waals surface area contributed by atoms with Gasteiger partial charge in [-0.3, -0.25) is 0 Å². The molecule has 13 heavy (non-hydrogen) atoms. The van der Waals surface area contributed by atoms with Crippen molar-refractivity contribution >= 4 is 5.97 Å². The number of carbonyl (C=O) groups excluding carboxylic acids is 1. The van der Waals surface area contributed by atoms with Crippen LogP contribution in [0.4, 0.5) is 0 Å². The van der Waals surface area contributed by atoms with Gasteiger partial charge in [-0.05, 0) is 20.3 Å². The molecule has 1 saturated heterocycles. The van der Waals surface area contributed by atoms with E-state index in [0.717, 1.165) is 0 Å². The fourth-order valence-corrected chi connectivity index (χ4v) is 1.46. The van der Waals surface area contributed by atoms with E-state index in [1.54, 1.807) is 13.8 Å². The summed E-state index contributed by atoms with van der Waals surface area (Å²) in [6, 6.07) is 0. The molecule has 2 unspecified atom stereocenters. The molecule has 0 aromatic rings. The van der Waals surface area contributed by atoms with Crippen molar-refractivity contribution in [3.05, 3.63) is 0 Å². The number of hydrogen-bond donors (Lipinski definition) is 1. The molecular weight excluding hydrogens is 172 g/mol. The quantitative estimate of drug-likeness (QED) is 0.640. The molecule has 2 atom stereocenters. The van der Waals surface area contributed by atoms with Crippen molar-refractivity contribution in [1.82, 2.24) is 0 Å². The molecule has 4 nitrogen and oxygen atoms in total. The van der Waals surface area contributed by atoms with Crippen LogP contribution in [0.1, 0.15) is 26.7 Å². The summed E-state index contributed by atoms with van der Waals surface area (Å²) in [5.41, 5.74) is -0.951. The molecule has 1 heterocycles. The number of esters is 1. The van der Waals surface area contributed by atoms with Crippen LogP contribution in [0, 0.1) is 0 Å². The maximum atomic E-state index is 11.4. The van der Waals surface area contributed by atoms with Gasteiger partial charge in [0.2, 0.25) is 0 Å². The molecule has 1 fully saturated rings. The van der Waals surface area contributed by atoms with E-state index < -0.39 is 11.7 Å². The number of carbonyl (C=O) groups is 1. The smallest absolute Gasteiger partial charge is 0.338 e. The van der Waals surface area contributed by atoms with Crippen molar-refractivity contribution in [3.8, 4) is 0 Å². The lowest BCUT2D eigenvalue weighted by Crippen LogP contribution is -2.46. The molecule has 0 aromatic heterocycles. The third-order valence-corrected chi connectivity index (χ3v) is 2.20. The Kier molecular flexibility index (Phi) is 3.27. The number of aliphatic hydroxyl groups is 1. The van der Waals surface area contributed by atoms with E-state index in [1.807, 2.05) is 0 Å². The Morgan fingerprint density at radius 2 is 2.46 bits per heavy atom. The molecule has 1 aliphatic rings. The first-order valence-corrected chi connectivity index (χ1v) is 4.58. The molecule has 0 radical (unpaired) electrons. The minimum Gasteiger partial charge on any atom is -0.464 e. The SMILES string of the molecule is CCOC(=O)C1(C)CC(O)CCO1. The highest BCUT2D eigenvalue weighted by Gasteiger charge is 2.40. The van der Waals surface area contributed by atoms with Gasteiger partial charge < -0.3 is 14.6 Å². The molecule has 1 rings (SSSR count). The topological polar surface area (TPSA) is 55.8 Å². The van der Waals surface area contributed by atoms with Gasteiger partial charge in [-0.15, -0.1) is 0 Å². The van der Waals surface area contributed by atoms with E-state index in [0.29, 0.717) is 26.1 Å². The fourth-order valence-electron chi connectivity index (χ4n) is 1.46. The number of rotatable bonds is 2. The zero-order valence-corrected chi connectivity index (χ0v) is 8.08. The Morgan fingerprint density at radius 1 is 1.77 bits per heavy atom. The Morgan fingerprint density at radius 3 is 3.00 bits per heavy atom. The molecule has 0 amide bonds. The Balaban J connectivity index is 2.57. The van der Waals surface area contributed by atoms with E-state index in [4.69, 9.17) is 9.47 Å². The molecule has 0 spiro atoms. The average molecular weight is 188 g/mol. The first-order valence-electron chi connectivity index (χ1n) is 4.58. The fraction of sp³-hybridized carbons (Fsp3) is 0.889. The van der Waals surface area contributed by atoms with Crippen molar-refractivity contribution < 1.29 is 19.4 Å². The van der Waals surface area contributed by atoms with Crippen molar-refractivity contribution in [1.29, 1.82) is 0 Å². The molecule has 76 valence electrons. The first-order chi connectivity index (χ1) is 6.08. The van der Waals surface area contributed by atoms with Crippen molar-refractivity contribution in [2.75, 3.05) is 13.2 Å². The van der Waals surface area contributed by atoms with Gasteiger partial charge in [0.25, 0.3) is 0 Å². The maximum Gasteiger partial charge on any atom is 0.338 e. The monoisotopic (exact) mass is 188 g/mol. The summed E-state index contributed by atoms with van der Waals surface area (Å²) in [6.07, 6.45) is 0.462. The van der Waals surface area contributed by atoms with Crippen LogP contribution in [0.5, 0.6) is 0 Å². The summed E-state index contributed by atoms with van der Waals surface area (Å²) in [6.45, 7) is 4.16. The van der Waals surface area contributed by atoms with Crippen LogP contribution in [0.3, 0.4) is 0 Å². The lowest BCUT2D eigenvalue weighted by molar-refractivity contribution is -0.182. The van der Waals surface area contributed by atoms with Gasteiger partial charge in [-0.1, -0.05) is 0 Å². The van der Waals surface area contributed by atoms with E-state index in [9.17, 15) is 9.90 Å². The molecule has 0 aliphatic carbocycles. The second-order valence-electron chi connectivity index (χ2n) is 3.45. The van der Waals surface area contributed by atoms with Gasteiger partial charge in [0.1, 0.15) is 0 Å². The molecule has 0 saturated carbocycles. The second-order valence-corrected chi connectivity index (χ2v) is 3.45. The van der Waals surface area contributed by atoms with Crippen LogP contribution in [0.25, 0.3) is 0 Å². The lowest BCUT2D eigenvalue weighted by Gasteiger charge is -2.33. The highest BCUT2D eigenvalue weighted by atomic mass is 16.6. The van der Waals surface area contributed by atoms with Crippen LogP contribution >= 0.6 is 0 Å². The van der Waals surface area contributed by atoms with Crippen molar-refractivity contribution in [3.63, 3.8) is 0 Å². The van der Waals surface area contributed by atoms with Gasteiger partial charge in [0.15, 0.2) is 5.60 Å². The van der Waals surface area contributed by atoms with E-state index >= 15 is 0 Å². The van der Waals surface area contributed by atoms with Gasteiger partial charge in [0, 0.05) is 6.42 Å². The lowest BCUT2D eigenvalue weighted by atomic mass is 9.94. The maximum absolute atomic E-state index is 11.4. The summed E-state index contributed by atoms with van der Waals surface area (Å²) < 4.78 is 10.2. The van der Waals surface area contributed by atoms with Crippen LogP contribution in [-0.4, -0.2) is 36.0 Å². The molecule has 0 bridgehead atoms. The van der Waals surface area contributed by atoms with E-state index in [2.05, 4.69) is 0 Å². The molecule has 4 heteroatoms. The molecular formula is C9H16O4. The molecule has 1 N–H and O–H groups in total. The van der Waals surface area contributed by atoms with Gasteiger partial charge >= 0.3 is 5.97 Å². The Bertz CT molecular complexity index is 192. The summed E-state index contributed by atoms with van der Waals surface area (Å²) in [5, 5.41) is 9.37. The summed E-state index contributed by atoms with van der Waals surface area (Å²) in [7, 11) is 0. The average Bonchev–Trinajstić information content (AvgIpc) is 2.04. The predicted octanol–water partition coefficient (Wildman–Crippen LogP) is 0.479. The predicted molar refractivity (Wildman–Crippen MR) is 46.2 cm³/mol. The van der Waals surface area contributed by atoms with Crippen LogP contribution in [0.15, 0.2) is 0 Å². The summed E-state index contributed by atoms with van der Waals surface area (Å²) in [4.78, 5) is 11.4. The van der Waals surface area contributed by atoms with Gasteiger partial charge in [-0.25, -0.2) is 4.79 Å². The van der Waals surface area contributed by atoms with Crippen molar-refractivity contribution in [2.45, 2.75) is 38.4 Å². The largest absolute Gasteiger partial charge is 0.464 e. The minimum absolute atomic E-state index is 0.325. The van der Waals surface area contributed by atoms with Crippen LogP contribution in [0.2, 0.25) is 0 Å². The standard InChI is InChI=1S/C9H16O4/c1-3-12-8(11)9(2)6-7(10)4-5-13-9/h7,10H,3-6H2,1-2H3. The summed E-state index contributed by atoms with van der Waals surface area (Å²) in [5.74, 6) is -0.381. The van der Waals surface area contributed by atoms with Crippen molar-refractivity contribution in [2.24, 2.45) is 0 Å². The first kappa shape index (κ1) is 10.5. The van der Waals surface area contributed by atoms with E-state index in [-0.39, 0.29) is 5.97 Å². The Labute approximate surface area is 77.8 Å². The number of hydrogen-bond acceptors (Lipinski definition) is 4. The third kappa shape index (κ3) is 2.42. The zero-order valence-electron chi connectivity index (χ0n) is 8.08. The highest BCUT2D eigenvalue weighted by Crippen LogP contribution is 2.25. The highest BCUT2D eigenvalue weighted by molar-refractivity contribution is 5.79. The zero-order chi connectivity index (χ0) is 9.90. The second kappa shape index (κ2) is 4.07. The molecule has 0 aromatic carbocycles. The summed E-state index contributed by atoms with van der Waals surface area (Å²) >= 11 is 0. The van der Waals surface area contributed by atoms with Gasteiger partial charge in [0.05, 0.1) is 19.3 Å². The normalized spacial score (nSPS) is 34.2. The van der Waals surface area contributed by atoms with Crippen LogP contribution in [-0.2, 0) is 14.3 Å².